The molecule has 0 aliphatic rings. The molecule has 0 aliphatic heterocycles. The van der Waals surface area contributed by atoms with Crippen LogP contribution in [0, 0.1) is 0 Å². The van der Waals surface area contributed by atoms with Gasteiger partial charge in [0, 0.05) is 5.75 Å². The van der Waals surface area contributed by atoms with Crippen molar-refractivity contribution in [3.05, 3.63) is 35.9 Å². The van der Waals surface area contributed by atoms with Crippen LogP contribution < -0.4 is 0 Å². The average Bonchev–Trinajstić information content (AvgIpc) is 2.35. The first-order valence-corrected chi connectivity index (χ1v) is 6.65. The van der Waals surface area contributed by atoms with Crippen LogP contribution in [0.3, 0.4) is 0 Å². The number of methoxy groups -OCH3 is 1. The van der Waals surface area contributed by atoms with Crippen LogP contribution in [0.15, 0.2) is 30.3 Å². The molecule has 0 N–H and O–H groups in total. The van der Waals surface area contributed by atoms with Gasteiger partial charge in [-0.05, 0) is 17.7 Å². The van der Waals surface area contributed by atoms with Crippen molar-refractivity contribution in [3.8, 4) is 0 Å². The zero-order chi connectivity index (χ0) is 11.8. The number of ether oxygens (including phenoxy) is 1. The van der Waals surface area contributed by atoms with E-state index in [0.29, 0.717) is 0 Å². The lowest BCUT2D eigenvalue weighted by atomic mass is 10.0. The van der Waals surface area contributed by atoms with Gasteiger partial charge in [0.25, 0.3) is 0 Å². The summed E-state index contributed by atoms with van der Waals surface area (Å²) in [5.41, 5.74) is 1.04. The van der Waals surface area contributed by atoms with Crippen LogP contribution in [0.4, 0.5) is 0 Å². The van der Waals surface area contributed by atoms with E-state index in [1.807, 2.05) is 30.3 Å². The normalized spacial score (nSPS) is 12.1. The molecule has 0 spiro atoms. The first-order chi connectivity index (χ1) is 7.79. The molecule has 1 unspecified atom stereocenters. The van der Waals surface area contributed by atoms with Crippen molar-refractivity contribution in [1.29, 1.82) is 0 Å². The predicted molar refractivity (Wildman–Crippen MR) is 68.8 cm³/mol. The largest absolute Gasteiger partial charge is 0.469 e. The van der Waals surface area contributed by atoms with Crippen LogP contribution in [0.2, 0.25) is 0 Å². The maximum Gasteiger partial charge on any atom is 0.313 e. The number of rotatable bonds is 6. The fourth-order valence-electron chi connectivity index (χ4n) is 1.47. The summed E-state index contributed by atoms with van der Waals surface area (Å²) in [5, 5.41) is 0. The number of benzene rings is 1. The predicted octanol–water partition coefficient (Wildman–Crippen LogP) is 3.09. The van der Waals surface area contributed by atoms with Gasteiger partial charge in [-0.15, -0.1) is 0 Å². The van der Waals surface area contributed by atoms with Crippen LogP contribution in [0.25, 0.3) is 0 Å². The fourth-order valence-corrected chi connectivity index (χ4v) is 2.49. The second-order valence-electron chi connectivity index (χ2n) is 3.56. The molecule has 3 heteroatoms. The van der Waals surface area contributed by atoms with Gasteiger partial charge in [0.1, 0.15) is 0 Å². The quantitative estimate of drug-likeness (QED) is 0.563. The summed E-state index contributed by atoms with van der Waals surface area (Å²) in [5.74, 6) is 1.60. The Morgan fingerprint density at radius 2 is 2.06 bits per heavy atom. The van der Waals surface area contributed by atoms with E-state index in [2.05, 4.69) is 6.92 Å². The molecule has 1 aromatic carbocycles. The van der Waals surface area contributed by atoms with Crippen molar-refractivity contribution < 1.29 is 9.53 Å². The fraction of sp³-hybridized carbons (Fsp3) is 0.462. The smallest absolute Gasteiger partial charge is 0.313 e. The van der Waals surface area contributed by atoms with Crippen molar-refractivity contribution in [2.24, 2.45) is 0 Å². The summed E-state index contributed by atoms with van der Waals surface area (Å²) >= 11 is 1.80. The molecule has 16 heavy (non-hydrogen) atoms. The second-order valence-corrected chi connectivity index (χ2v) is 4.71. The Bertz CT molecular complexity index is 311. The molecule has 1 rings (SSSR count). The first kappa shape index (κ1) is 13.1. The van der Waals surface area contributed by atoms with Crippen LogP contribution in [-0.2, 0) is 9.53 Å². The maximum absolute atomic E-state index is 11.7. The number of esters is 1. The maximum atomic E-state index is 11.7. The minimum absolute atomic E-state index is 0.136. The van der Waals surface area contributed by atoms with E-state index in [4.69, 9.17) is 4.74 Å². The zero-order valence-corrected chi connectivity index (χ0v) is 10.6. The highest BCUT2D eigenvalue weighted by atomic mass is 32.2. The molecule has 88 valence electrons. The third-order valence-corrected chi connectivity index (χ3v) is 3.59. The average molecular weight is 238 g/mol. The van der Waals surface area contributed by atoms with E-state index in [1.165, 1.54) is 7.11 Å². The Labute approximate surface area is 101 Å². The topological polar surface area (TPSA) is 26.3 Å². The Morgan fingerprint density at radius 1 is 1.38 bits per heavy atom. The highest BCUT2D eigenvalue weighted by Crippen LogP contribution is 2.22. The zero-order valence-electron chi connectivity index (χ0n) is 9.81. The van der Waals surface area contributed by atoms with Crippen molar-refractivity contribution in [2.75, 3.05) is 18.6 Å². The Balaban J connectivity index is 2.68. The molecular formula is C13H18O2S. The molecule has 2 nitrogen and oxygen atoms in total. The van der Waals surface area contributed by atoms with Crippen LogP contribution in [0.5, 0.6) is 0 Å². The van der Waals surface area contributed by atoms with Crippen molar-refractivity contribution in [3.63, 3.8) is 0 Å². The standard InChI is InChI=1S/C13H18O2S/c1-3-9-16-10-12(13(14)15-2)11-7-5-4-6-8-11/h4-8,12H,3,9-10H2,1-2H3. The second kappa shape index (κ2) is 7.34. The van der Waals surface area contributed by atoms with Crippen molar-refractivity contribution >= 4 is 17.7 Å². The minimum atomic E-state index is -0.144. The van der Waals surface area contributed by atoms with Gasteiger partial charge in [-0.25, -0.2) is 0 Å². The Hall–Kier alpha value is -0.960. The summed E-state index contributed by atoms with van der Waals surface area (Å²) < 4.78 is 4.85. The van der Waals surface area contributed by atoms with E-state index < -0.39 is 0 Å². The SMILES string of the molecule is CCCSCC(C(=O)OC)c1ccccc1. The van der Waals surface area contributed by atoms with E-state index in [-0.39, 0.29) is 11.9 Å². The van der Waals surface area contributed by atoms with Gasteiger partial charge in [-0.1, -0.05) is 37.3 Å². The minimum Gasteiger partial charge on any atom is -0.469 e. The molecule has 0 bridgehead atoms. The summed E-state index contributed by atoms with van der Waals surface area (Å²) in [6.07, 6.45) is 1.13. The van der Waals surface area contributed by atoms with Crippen LogP contribution in [-0.4, -0.2) is 24.6 Å². The van der Waals surface area contributed by atoms with Gasteiger partial charge in [0.15, 0.2) is 0 Å². The number of hydrogen-bond acceptors (Lipinski definition) is 3. The van der Waals surface area contributed by atoms with Gasteiger partial charge < -0.3 is 4.74 Å². The number of carbonyl (C=O) groups excluding carboxylic acids is 1. The highest BCUT2D eigenvalue weighted by molar-refractivity contribution is 7.99. The van der Waals surface area contributed by atoms with E-state index >= 15 is 0 Å². The Morgan fingerprint density at radius 3 is 2.62 bits per heavy atom. The summed E-state index contributed by atoms with van der Waals surface area (Å²) in [6.45, 7) is 2.14. The number of carbonyl (C=O) groups is 1. The molecule has 0 fully saturated rings. The number of hydrogen-bond donors (Lipinski definition) is 0. The van der Waals surface area contributed by atoms with Gasteiger partial charge in [0.05, 0.1) is 13.0 Å². The molecule has 0 amide bonds. The van der Waals surface area contributed by atoms with Crippen molar-refractivity contribution in [1.82, 2.24) is 0 Å². The summed E-state index contributed by atoms with van der Waals surface area (Å²) in [6, 6.07) is 9.82. The lowest BCUT2D eigenvalue weighted by Crippen LogP contribution is -2.16. The monoisotopic (exact) mass is 238 g/mol. The molecule has 0 radical (unpaired) electrons. The first-order valence-electron chi connectivity index (χ1n) is 5.50. The molecule has 0 heterocycles. The van der Waals surface area contributed by atoms with Crippen LogP contribution >= 0.6 is 11.8 Å². The summed E-state index contributed by atoms with van der Waals surface area (Å²) in [7, 11) is 1.45. The van der Waals surface area contributed by atoms with Gasteiger partial charge in [0.2, 0.25) is 0 Å². The van der Waals surface area contributed by atoms with Gasteiger partial charge >= 0.3 is 5.97 Å². The molecule has 0 saturated carbocycles. The molecule has 1 atom stereocenters. The molecule has 0 saturated heterocycles. The number of thioether (sulfide) groups is 1. The molecule has 0 aromatic heterocycles. The third-order valence-electron chi connectivity index (χ3n) is 2.32. The molecule has 1 aromatic rings. The van der Waals surface area contributed by atoms with Gasteiger partial charge in [-0.3, -0.25) is 4.79 Å². The van der Waals surface area contributed by atoms with E-state index in [9.17, 15) is 4.79 Å². The Kier molecular flexibility index (Phi) is 6.01. The lowest BCUT2D eigenvalue weighted by Gasteiger charge is -2.14. The van der Waals surface area contributed by atoms with E-state index in [0.717, 1.165) is 23.5 Å². The van der Waals surface area contributed by atoms with E-state index in [1.54, 1.807) is 11.8 Å². The highest BCUT2D eigenvalue weighted by Gasteiger charge is 2.20. The molecule has 0 aliphatic carbocycles. The molecular weight excluding hydrogens is 220 g/mol. The van der Waals surface area contributed by atoms with Gasteiger partial charge in [-0.2, -0.15) is 11.8 Å². The van der Waals surface area contributed by atoms with Crippen LogP contribution in [0.1, 0.15) is 24.8 Å². The lowest BCUT2D eigenvalue weighted by molar-refractivity contribution is -0.141. The van der Waals surface area contributed by atoms with Crippen molar-refractivity contribution in [2.45, 2.75) is 19.3 Å². The summed E-state index contributed by atoms with van der Waals surface area (Å²) in [4.78, 5) is 11.7. The third kappa shape index (κ3) is 3.89.